The summed E-state index contributed by atoms with van der Waals surface area (Å²) >= 11 is 0. The Balaban J connectivity index is 1.92. The summed E-state index contributed by atoms with van der Waals surface area (Å²) in [4.78, 5) is 16.7. The van der Waals surface area contributed by atoms with Crippen LogP contribution in [-0.2, 0) is 11.2 Å². The van der Waals surface area contributed by atoms with Crippen molar-refractivity contribution in [2.75, 3.05) is 5.84 Å². The summed E-state index contributed by atoms with van der Waals surface area (Å²) in [5.74, 6) is 6.43. The summed E-state index contributed by atoms with van der Waals surface area (Å²) < 4.78 is 1.39. The number of carbonyl (C=O) groups is 1. The topological polar surface area (TPSA) is 93.2 Å². The second-order valence-electron chi connectivity index (χ2n) is 7.93. The Hall–Kier alpha value is -1.82. The predicted octanol–water partition coefficient (Wildman–Crippen LogP) is 2.95. The van der Waals surface area contributed by atoms with Crippen LogP contribution in [0.4, 0.5) is 0 Å². The highest BCUT2D eigenvalue weighted by Crippen LogP contribution is 2.29. The molecule has 0 saturated heterocycles. The number of carbonyl (C=O) groups excluding carboxylic acids is 1. The zero-order chi connectivity index (χ0) is 19.6. The molecule has 0 unspecified atom stereocenters. The van der Waals surface area contributed by atoms with Crippen molar-refractivity contribution < 1.29 is 9.90 Å². The molecule has 3 atom stereocenters. The molecule has 152 valence electrons. The lowest BCUT2D eigenvalue weighted by Crippen LogP contribution is -2.45. The van der Waals surface area contributed by atoms with Crippen LogP contribution in [0.3, 0.4) is 0 Å². The Morgan fingerprint density at radius 2 is 2.22 bits per heavy atom. The van der Waals surface area contributed by atoms with E-state index in [1.165, 1.54) is 43.1 Å². The van der Waals surface area contributed by atoms with Crippen LogP contribution < -0.4 is 11.2 Å². The Morgan fingerprint density at radius 1 is 1.48 bits per heavy atom. The van der Waals surface area contributed by atoms with Crippen molar-refractivity contribution in [3.63, 3.8) is 0 Å². The van der Waals surface area contributed by atoms with Crippen LogP contribution in [0.15, 0.2) is 25.2 Å². The molecule has 2 rings (SSSR count). The molecule has 1 heterocycles. The lowest BCUT2D eigenvalue weighted by atomic mass is 9.82. The summed E-state index contributed by atoms with van der Waals surface area (Å²) in [5, 5.41) is 13.9. The summed E-state index contributed by atoms with van der Waals surface area (Å²) in [6.07, 6.45) is 14.2. The van der Waals surface area contributed by atoms with E-state index in [1.807, 2.05) is 6.08 Å². The van der Waals surface area contributed by atoms with E-state index in [9.17, 15) is 9.90 Å². The number of hydrogen-bond acceptors (Lipinski definition) is 4. The summed E-state index contributed by atoms with van der Waals surface area (Å²) in [5.41, 5.74) is 0.801. The van der Waals surface area contributed by atoms with Crippen molar-refractivity contribution in [3.8, 4) is 0 Å². The summed E-state index contributed by atoms with van der Waals surface area (Å²) in [7, 11) is 0. The Bertz CT molecular complexity index is 580. The molecule has 1 aliphatic carbocycles. The van der Waals surface area contributed by atoms with Gasteiger partial charge in [0.15, 0.2) is 0 Å². The van der Waals surface area contributed by atoms with Gasteiger partial charge in [0.25, 0.3) is 0 Å². The van der Waals surface area contributed by atoms with Crippen molar-refractivity contribution >= 4 is 5.91 Å². The number of rotatable bonds is 11. The van der Waals surface area contributed by atoms with E-state index in [1.54, 1.807) is 6.20 Å². The van der Waals surface area contributed by atoms with Gasteiger partial charge in [0.2, 0.25) is 5.91 Å². The minimum absolute atomic E-state index is 0.0342. The van der Waals surface area contributed by atoms with Crippen molar-refractivity contribution in [2.45, 2.75) is 83.3 Å². The third-order valence-corrected chi connectivity index (χ3v) is 5.79. The second-order valence-corrected chi connectivity index (χ2v) is 7.93. The number of nitrogens with two attached hydrogens (primary N) is 1. The smallest absolute Gasteiger partial charge is 0.220 e. The van der Waals surface area contributed by atoms with E-state index in [2.05, 4.69) is 23.8 Å². The molecule has 0 bridgehead atoms. The molecule has 1 saturated carbocycles. The standard InChI is InChI=1S/C21H36N4O2/c1-3-16(4-2)13-20(26)19(12-17-8-6-5-7-9-17)24-21(27)11-10-18-14-25(22)15-23-18/h3,14-17,19-20,26H,1,4-13,22H2,2H3,(H,24,27)/t16-,19+,20+/m1/s1. The number of nitrogens with one attached hydrogen (secondary N) is 1. The highest BCUT2D eigenvalue weighted by Gasteiger charge is 2.27. The van der Waals surface area contributed by atoms with Gasteiger partial charge in [-0.1, -0.05) is 45.1 Å². The summed E-state index contributed by atoms with van der Waals surface area (Å²) in [6, 6.07) is -0.193. The van der Waals surface area contributed by atoms with E-state index >= 15 is 0 Å². The maximum atomic E-state index is 12.5. The van der Waals surface area contributed by atoms with E-state index in [0.29, 0.717) is 25.2 Å². The third-order valence-electron chi connectivity index (χ3n) is 5.79. The number of allylic oxidation sites excluding steroid dienone is 1. The molecule has 6 nitrogen and oxygen atoms in total. The van der Waals surface area contributed by atoms with E-state index in [-0.39, 0.29) is 17.9 Å². The minimum atomic E-state index is -0.540. The number of aliphatic hydroxyl groups excluding tert-OH is 1. The maximum absolute atomic E-state index is 12.5. The first-order valence-corrected chi connectivity index (χ1v) is 10.4. The fourth-order valence-corrected chi connectivity index (χ4v) is 4.03. The van der Waals surface area contributed by atoms with E-state index in [4.69, 9.17) is 5.84 Å². The fraction of sp³-hybridized carbons (Fsp3) is 0.714. The second kappa shape index (κ2) is 11.1. The van der Waals surface area contributed by atoms with Gasteiger partial charge in [-0.2, -0.15) is 0 Å². The molecule has 1 aliphatic rings. The van der Waals surface area contributed by atoms with Gasteiger partial charge >= 0.3 is 0 Å². The zero-order valence-corrected chi connectivity index (χ0v) is 16.6. The number of nitrogens with zero attached hydrogens (tertiary/aromatic N) is 2. The predicted molar refractivity (Wildman–Crippen MR) is 108 cm³/mol. The number of hydrogen-bond donors (Lipinski definition) is 3. The van der Waals surface area contributed by atoms with Gasteiger partial charge < -0.3 is 16.3 Å². The molecule has 1 aromatic rings. The lowest BCUT2D eigenvalue weighted by molar-refractivity contribution is -0.123. The number of imidazole rings is 1. The summed E-state index contributed by atoms with van der Waals surface area (Å²) in [6.45, 7) is 5.97. The average Bonchev–Trinajstić information content (AvgIpc) is 3.10. The van der Waals surface area contributed by atoms with Crippen molar-refractivity contribution in [1.29, 1.82) is 0 Å². The van der Waals surface area contributed by atoms with Crippen molar-refractivity contribution in [2.24, 2.45) is 11.8 Å². The first kappa shape index (κ1) is 21.5. The van der Waals surface area contributed by atoms with E-state index < -0.39 is 6.10 Å². The molecule has 0 aliphatic heterocycles. The van der Waals surface area contributed by atoms with Gasteiger partial charge in [0, 0.05) is 19.0 Å². The molecule has 6 heteroatoms. The van der Waals surface area contributed by atoms with Crippen molar-refractivity contribution in [3.05, 3.63) is 30.9 Å². The molecule has 1 aromatic heterocycles. The van der Waals surface area contributed by atoms with Crippen LogP contribution in [0.1, 0.15) is 70.4 Å². The molecular formula is C21H36N4O2. The van der Waals surface area contributed by atoms with Gasteiger partial charge in [-0.3, -0.25) is 9.47 Å². The van der Waals surface area contributed by atoms with Crippen LogP contribution in [0.5, 0.6) is 0 Å². The van der Waals surface area contributed by atoms with Crippen LogP contribution in [-0.4, -0.2) is 32.8 Å². The monoisotopic (exact) mass is 376 g/mol. The normalized spacial score (nSPS) is 18.6. The number of aromatic nitrogens is 2. The number of nitrogen functional groups attached to an aromatic ring is 1. The Labute approximate surface area is 163 Å². The zero-order valence-electron chi connectivity index (χ0n) is 16.6. The number of aryl methyl sites for hydroxylation is 1. The molecule has 1 amide bonds. The molecule has 1 fully saturated rings. The van der Waals surface area contributed by atoms with Gasteiger partial charge in [-0.15, -0.1) is 6.58 Å². The van der Waals surface area contributed by atoms with Crippen LogP contribution in [0.2, 0.25) is 0 Å². The first-order valence-electron chi connectivity index (χ1n) is 10.4. The molecular weight excluding hydrogens is 340 g/mol. The molecule has 27 heavy (non-hydrogen) atoms. The quantitative estimate of drug-likeness (QED) is 0.409. The number of aliphatic hydroxyl groups is 1. The molecule has 0 aromatic carbocycles. The van der Waals surface area contributed by atoms with Crippen LogP contribution >= 0.6 is 0 Å². The minimum Gasteiger partial charge on any atom is -0.391 e. The van der Waals surface area contributed by atoms with Gasteiger partial charge in [-0.25, -0.2) is 4.98 Å². The van der Waals surface area contributed by atoms with Gasteiger partial charge in [0.05, 0.1) is 17.8 Å². The molecule has 0 spiro atoms. The maximum Gasteiger partial charge on any atom is 0.220 e. The van der Waals surface area contributed by atoms with Crippen LogP contribution in [0, 0.1) is 11.8 Å². The van der Waals surface area contributed by atoms with Gasteiger partial charge in [0.1, 0.15) is 6.33 Å². The number of amides is 1. The fourth-order valence-electron chi connectivity index (χ4n) is 4.03. The average molecular weight is 377 g/mol. The van der Waals surface area contributed by atoms with E-state index in [0.717, 1.165) is 18.5 Å². The van der Waals surface area contributed by atoms with Crippen molar-refractivity contribution in [1.82, 2.24) is 15.0 Å². The Kier molecular flexibility index (Phi) is 8.85. The highest BCUT2D eigenvalue weighted by molar-refractivity contribution is 5.76. The van der Waals surface area contributed by atoms with Gasteiger partial charge in [-0.05, 0) is 31.1 Å². The molecule has 4 N–H and O–H groups in total. The lowest BCUT2D eigenvalue weighted by Gasteiger charge is -2.31. The highest BCUT2D eigenvalue weighted by atomic mass is 16.3. The Morgan fingerprint density at radius 3 is 2.81 bits per heavy atom. The largest absolute Gasteiger partial charge is 0.391 e. The third kappa shape index (κ3) is 7.37. The molecule has 0 radical (unpaired) electrons. The SMILES string of the molecule is C=C[C@H](CC)C[C@H](O)[C@H](CC1CCCCC1)NC(=O)CCc1cn(N)cn1. The van der Waals surface area contributed by atoms with Crippen LogP contribution in [0.25, 0.3) is 0 Å². The first-order chi connectivity index (χ1) is 13.0.